The molecule has 1 atom stereocenters. The third-order valence-electron chi connectivity index (χ3n) is 4.81. The number of hydrogen-bond acceptors (Lipinski definition) is 7. The summed E-state index contributed by atoms with van der Waals surface area (Å²) < 4.78 is 24.2. The van der Waals surface area contributed by atoms with Gasteiger partial charge in [-0.25, -0.2) is 13.4 Å². The topological polar surface area (TPSA) is 115 Å². The van der Waals surface area contributed by atoms with Crippen LogP contribution in [-0.4, -0.2) is 35.6 Å². The van der Waals surface area contributed by atoms with E-state index in [4.69, 9.17) is 17.3 Å². The van der Waals surface area contributed by atoms with Crippen LogP contribution < -0.4 is 11.1 Å². The molecule has 2 aliphatic rings. The molecule has 2 aromatic rings. The van der Waals surface area contributed by atoms with Crippen molar-refractivity contribution in [2.75, 3.05) is 11.1 Å². The Balaban J connectivity index is 1.60. The molecule has 1 spiro atoms. The molecule has 4 rings (SSSR count). The van der Waals surface area contributed by atoms with Gasteiger partial charge in [-0.15, -0.1) is 11.3 Å². The van der Waals surface area contributed by atoms with Crippen LogP contribution in [0.1, 0.15) is 39.1 Å². The second kappa shape index (κ2) is 6.29. The van der Waals surface area contributed by atoms with Gasteiger partial charge in [-0.05, 0) is 38.0 Å². The predicted molar refractivity (Wildman–Crippen MR) is 106 cm³/mol. The molecule has 1 aliphatic carbocycles. The number of amides is 1. The van der Waals surface area contributed by atoms with Gasteiger partial charge in [0.05, 0.1) is 15.7 Å². The fourth-order valence-corrected chi connectivity index (χ4v) is 6.76. The number of halogens is 1. The Morgan fingerprint density at radius 2 is 2.15 bits per heavy atom. The van der Waals surface area contributed by atoms with E-state index in [9.17, 15) is 13.2 Å². The van der Waals surface area contributed by atoms with Crippen molar-refractivity contribution in [2.24, 2.45) is 10.7 Å². The molecule has 7 nitrogen and oxygen atoms in total. The average Bonchev–Trinajstić information content (AvgIpc) is 3.31. The predicted octanol–water partition coefficient (Wildman–Crippen LogP) is 2.72. The largest absolute Gasteiger partial charge is 0.386 e. The van der Waals surface area contributed by atoms with Gasteiger partial charge >= 0.3 is 0 Å². The minimum Gasteiger partial charge on any atom is -0.386 e. The van der Waals surface area contributed by atoms with Gasteiger partial charge in [-0.2, -0.15) is 0 Å². The Hall–Kier alpha value is -1.97. The van der Waals surface area contributed by atoms with Gasteiger partial charge < -0.3 is 11.1 Å². The summed E-state index contributed by atoms with van der Waals surface area (Å²) in [5.41, 5.74) is 6.74. The Morgan fingerprint density at radius 1 is 1.41 bits per heavy atom. The minimum absolute atomic E-state index is 0.144. The Bertz CT molecular complexity index is 1070. The number of carbonyl (C=O) groups is 1. The first-order valence-electron chi connectivity index (χ1n) is 8.32. The van der Waals surface area contributed by atoms with E-state index in [0.717, 1.165) is 17.0 Å². The number of nitrogens with two attached hydrogens (primary N) is 1. The molecule has 1 aliphatic heterocycles. The number of amidine groups is 1. The number of carbonyl (C=O) groups excluding carboxylic acids is 1. The van der Waals surface area contributed by atoms with Crippen LogP contribution in [0.25, 0.3) is 0 Å². The van der Waals surface area contributed by atoms with Gasteiger partial charge in [-0.1, -0.05) is 17.7 Å². The zero-order valence-corrected chi connectivity index (χ0v) is 16.8. The lowest BCUT2D eigenvalue weighted by atomic mass is 10.2. The lowest BCUT2D eigenvalue weighted by Crippen LogP contribution is -2.44. The molecular formula is C17H17ClN4O3S2. The van der Waals surface area contributed by atoms with Crippen LogP contribution in [0.2, 0.25) is 5.02 Å². The summed E-state index contributed by atoms with van der Waals surface area (Å²) in [5, 5.41) is 3.02. The maximum atomic E-state index is 12.6. The fourth-order valence-electron chi connectivity index (χ4n) is 3.18. The summed E-state index contributed by atoms with van der Waals surface area (Å²) >= 11 is 7.41. The molecule has 0 unspecified atom stereocenters. The SMILES string of the molecule is Cc1cccc(NC(=O)c2cc(Cl)c([C@@H]3CS(=O)(=O)C4(CC4)C(N)=N3)s2)n1. The number of thiophene rings is 1. The van der Waals surface area contributed by atoms with Crippen LogP contribution >= 0.6 is 22.9 Å². The molecule has 0 bridgehead atoms. The lowest BCUT2D eigenvalue weighted by Gasteiger charge is -2.25. The number of nitrogens with zero attached hydrogens (tertiary/aromatic N) is 2. The molecule has 27 heavy (non-hydrogen) atoms. The summed E-state index contributed by atoms with van der Waals surface area (Å²) in [6, 6.07) is 6.15. The molecule has 0 aromatic carbocycles. The van der Waals surface area contributed by atoms with Crippen LogP contribution in [0.15, 0.2) is 29.3 Å². The zero-order valence-electron chi connectivity index (χ0n) is 14.4. The first-order chi connectivity index (χ1) is 12.7. The molecule has 1 saturated carbocycles. The second-order valence-corrected chi connectivity index (χ2v) is 10.6. The summed E-state index contributed by atoms with van der Waals surface area (Å²) in [5.74, 6) is 0.0806. The minimum atomic E-state index is -3.40. The zero-order chi connectivity index (χ0) is 19.4. The summed E-state index contributed by atoms with van der Waals surface area (Å²) in [4.78, 5) is 22.0. The monoisotopic (exact) mass is 424 g/mol. The highest BCUT2D eigenvalue weighted by Gasteiger charge is 2.60. The molecular weight excluding hydrogens is 408 g/mol. The van der Waals surface area contributed by atoms with E-state index in [1.165, 1.54) is 6.07 Å². The van der Waals surface area contributed by atoms with Crippen LogP contribution in [0, 0.1) is 6.92 Å². The van der Waals surface area contributed by atoms with Crippen molar-refractivity contribution in [3.63, 3.8) is 0 Å². The van der Waals surface area contributed by atoms with Crippen molar-refractivity contribution in [3.05, 3.63) is 44.7 Å². The quantitative estimate of drug-likeness (QED) is 0.786. The van der Waals surface area contributed by atoms with Gasteiger partial charge in [0.25, 0.3) is 5.91 Å². The molecule has 2 aromatic heterocycles. The number of sulfone groups is 1. The molecule has 0 saturated heterocycles. The number of aryl methyl sites for hydroxylation is 1. The number of aromatic nitrogens is 1. The Labute approximate surface area is 165 Å². The second-order valence-electron chi connectivity index (χ2n) is 6.75. The van der Waals surface area contributed by atoms with Crippen molar-refractivity contribution in [1.82, 2.24) is 4.98 Å². The van der Waals surface area contributed by atoms with Crippen molar-refractivity contribution in [1.29, 1.82) is 0 Å². The number of nitrogens with one attached hydrogen (secondary N) is 1. The highest BCUT2D eigenvalue weighted by molar-refractivity contribution is 7.94. The van der Waals surface area contributed by atoms with Crippen molar-refractivity contribution < 1.29 is 13.2 Å². The van der Waals surface area contributed by atoms with E-state index in [1.54, 1.807) is 12.1 Å². The smallest absolute Gasteiger partial charge is 0.266 e. The highest BCUT2D eigenvalue weighted by atomic mass is 35.5. The Morgan fingerprint density at radius 3 is 2.78 bits per heavy atom. The van der Waals surface area contributed by atoms with E-state index < -0.39 is 20.6 Å². The summed E-state index contributed by atoms with van der Waals surface area (Å²) in [7, 11) is -3.40. The first kappa shape index (κ1) is 18.4. The Kier molecular flexibility index (Phi) is 4.28. The van der Waals surface area contributed by atoms with Crippen molar-refractivity contribution in [3.8, 4) is 0 Å². The lowest BCUT2D eigenvalue weighted by molar-refractivity contribution is 0.103. The van der Waals surface area contributed by atoms with Gasteiger partial charge in [0.15, 0.2) is 9.84 Å². The molecule has 1 amide bonds. The van der Waals surface area contributed by atoms with Gasteiger partial charge in [0, 0.05) is 10.6 Å². The van der Waals surface area contributed by atoms with Crippen molar-refractivity contribution in [2.45, 2.75) is 30.6 Å². The summed E-state index contributed by atoms with van der Waals surface area (Å²) in [6.45, 7) is 1.83. The van der Waals surface area contributed by atoms with Gasteiger partial charge in [-0.3, -0.25) is 9.79 Å². The van der Waals surface area contributed by atoms with Crippen LogP contribution in [0.5, 0.6) is 0 Å². The van der Waals surface area contributed by atoms with E-state index >= 15 is 0 Å². The van der Waals surface area contributed by atoms with E-state index in [0.29, 0.717) is 33.4 Å². The third-order valence-corrected chi connectivity index (χ3v) is 9.03. The van der Waals surface area contributed by atoms with E-state index in [2.05, 4.69) is 15.3 Å². The number of aliphatic imine (C=N–C) groups is 1. The number of hydrogen-bond donors (Lipinski definition) is 2. The normalized spacial score (nSPS) is 22.3. The number of anilines is 1. The molecule has 142 valence electrons. The highest BCUT2D eigenvalue weighted by Crippen LogP contribution is 2.49. The van der Waals surface area contributed by atoms with Crippen LogP contribution in [0.4, 0.5) is 5.82 Å². The number of pyridine rings is 1. The molecule has 1 fully saturated rings. The first-order valence-corrected chi connectivity index (χ1v) is 11.2. The maximum absolute atomic E-state index is 12.6. The molecule has 0 radical (unpaired) electrons. The van der Waals surface area contributed by atoms with Gasteiger partial charge in [0.2, 0.25) is 0 Å². The van der Waals surface area contributed by atoms with Crippen LogP contribution in [0.3, 0.4) is 0 Å². The van der Waals surface area contributed by atoms with Gasteiger partial charge in [0.1, 0.15) is 22.4 Å². The molecule has 3 heterocycles. The third kappa shape index (κ3) is 3.13. The fraction of sp³-hybridized carbons (Fsp3) is 0.353. The number of rotatable bonds is 3. The standard InChI is InChI=1S/C17H17ClN4O3S2/c1-9-3-2-4-13(20-9)22-15(23)12-7-10(18)14(26-12)11-8-27(24,25)17(5-6-17)16(19)21-11/h2-4,7,11H,5-6,8H2,1H3,(H2,19,21)(H,20,22,23)/t11-/m0/s1. The van der Waals surface area contributed by atoms with E-state index in [-0.39, 0.29) is 17.5 Å². The molecule has 3 N–H and O–H groups in total. The molecule has 10 heteroatoms. The van der Waals surface area contributed by atoms with Crippen molar-refractivity contribution >= 4 is 50.3 Å². The van der Waals surface area contributed by atoms with Crippen LogP contribution in [-0.2, 0) is 9.84 Å². The maximum Gasteiger partial charge on any atom is 0.266 e. The van der Waals surface area contributed by atoms with E-state index in [1.807, 2.05) is 13.0 Å². The average molecular weight is 425 g/mol. The summed E-state index contributed by atoms with van der Waals surface area (Å²) in [6.07, 6.45) is 1.04.